The molecule has 1 aliphatic heterocycles. The topological polar surface area (TPSA) is 57.7 Å². The molecule has 25 heavy (non-hydrogen) atoms. The van der Waals surface area contributed by atoms with E-state index in [-0.39, 0.29) is 10.8 Å². The molecule has 0 bridgehead atoms. The summed E-state index contributed by atoms with van der Waals surface area (Å²) in [4.78, 5) is 13.6. The van der Waals surface area contributed by atoms with E-state index in [4.69, 9.17) is 0 Å². The zero-order valence-corrected chi connectivity index (χ0v) is 16.7. The first-order chi connectivity index (χ1) is 11.7. The molecule has 0 saturated carbocycles. The van der Waals surface area contributed by atoms with E-state index >= 15 is 0 Å². The predicted molar refractivity (Wildman–Crippen MR) is 103 cm³/mol. The number of hydrogen-bond donors (Lipinski definition) is 0. The summed E-state index contributed by atoms with van der Waals surface area (Å²) >= 11 is 3.42. The summed E-state index contributed by atoms with van der Waals surface area (Å²) in [6.45, 7) is 4.00. The van der Waals surface area contributed by atoms with E-state index in [1.807, 2.05) is 19.1 Å². The van der Waals surface area contributed by atoms with Crippen molar-refractivity contribution >= 4 is 43.2 Å². The Balaban J connectivity index is 2.01. The molecule has 0 aromatic heterocycles. The number of sulfonamides is 1. The van der Waals surface area contributed by atoms with Gasteiger partial charge in [-0.25, -0.2) is 8.42 Å². The molecular formula is C18H19BrN2O3S. The molecule has 132 valence electrons. The van der Waals surface area contributed by atoms with E-state index in [9.17, 15) is 13.2 Å². The van der Waals surface area contributed by atoms with Crippen molar-refractivity contribution in [3.63, 3.8) is 0 Å². The highest BCUT2D eigenvalue weighted by Crippen LogP contribution is 2.33. The van der Waals surface area contributed by atoms with E-state index in [0.717, 1.165) is 22.0 Å². The Kier molecular flexibility index (Phi) is 4.64. The van der Waals surface area contributed by atoms with Crippen LogP contribution in [0.4, 0.5) is 11.4 Å². The molecule has 7 heteroatoms. The molecule has 2 aromatic carbocycles. The Hall–Kier alpha value is -1.86. The third-order valence-electron chi connectivity index (χ3n) is 4.50. The highest BCUT2D eigenvalue weighted by atomic mass is 79.9. The Morgan fingerprint density at radius 1 is 1.20 bits per heavy atom. The molecule has 5 nitrogen and oxygen atoms in total. The van der Waals surface area contributed by atoms with Crippen molar-refractivity contribution in [1.82, 2.24) is 0 Å². The van der Waals surface area contributed by atoms with Gasteiger partial charge in [0.1, 0.15) is 0 Å². The van der Waals surface area contributed by atoms with Crippen molar-refractivity contribution in [1.29, 1.82) is 0 Å². The highest BCUT2D eigenvalue weighted by molar-refractivity contribution is 9.10. The number of nitrogens with zero attached hydrogens (tertiary/aromatic N) is 2. The molecule has 0 spiro atoms. The lowest BCUT2D eigenvalue weighted by Gasteiger charge is -2.21. The molecule has 0 atom stereocenters. The third kappa shape index (κ3) is 3.18. The van der Waals surface area contributed by atoms with Crippen molar-refractivity contribution < 1.29 is 13.2 Å². The number of amides is 1. The summed E-state index contributed by atoms with van der Waals surface area (Å²) in [6, 6.07) is 10.4. The van der Waals surface area contributed by atoms with Crippen LogP contribution < -0.4 is 9.21 Å². The lowest BCUT2D eigenvalue weighted by atomic mass is 10.2. The van der Waals surface area contributed by atoms with Gasteiger partial charge in [0.05, 0.1) is 10.6 Å². The van der Waals surface area contributed by atoms with E-state index < -0.39 is 10.0 Å². The Morgan fingerprint density at radius 3 is 2.56 bits per heavy atom. The van der Waals surface area contributed by atoms with Crippen LogP contribution in [0.25, 0.3) is 0 Å². The fraction of sp³-hybridized carbons (Fsp3) is 0.278. The predicted octanol–water partition coefficient (Wildman–Crippen LogP) is 3.49. The first-order valence-corrected chi connectivity index (χ1v) is 10.1. The number of rotatable bonds is 3. The Labute approximate surface area is 156 Å². The lowest BCUT2D eigenvalue weighted by molar-refractivity contribution is -0.116. The maximum absolute atomic E-state index is 13.0. The first kappa shape index (κ1) is 17.9. The summed E-state index contributed by atoms with van der Waals surface area (Å²) in [6.07, 6.45) is 0.747. The fourth-order valence-electron chi connectivity index (χ4n) is 2.97. The van der Waals surface area contributed by atoms with E-state index in [2.05, 4.69) is 15.9 Å². The number of carbonyl (C=O) groups is 1. The minimum atomic E-state index is -3.71. The van der Waals surface area contributed by atoms with Crippen LogP contribution in [0.1, 0.15) is 18.1 Å². The van der Waals surface area contributed by atoms with Crippen LogP contribution in [-0.2, 0) is 21.2 Å². The monoisotopic (exact) mass is 422 g/mol. The SMILES string of the molecule is CC(=O)N1CCc2ccc(S(=O)(=O)N(C)c3ccc(Br)c(C)c3)cc21. The molecule has 1 heterocycles. The number of halogens is 1. The van der Waals surface area contributed by atoms with Gasteiger partial charge in [-0.2, -0.15) is 0 Å². The van der Waals surface area contributed by atoms with Gasteiger partial charge >= 0.3 is 0 Å². The first-order valence-electron chi connectivity index (χ1n) is 7.88. The molecule has 0 saturated heterocycles. The number of fused-ring (bicyclic) bond motifs is 1. The summed E-state index contributed by atoms with van der Waals surface area (Å²) in [5, 5.41) is 0. The number of hydrogen-bond acceptors (Lipinski definition) is 3. The fourth-order valence-corrected chi connectivity index (χ4v) is 4.42. The molecule has 1 aliphatic rings. The molecule has 0 unspecified atom stereocenters. The van der Waals surface area contributed by atoms with E-state index in [1.165, 1.54) is 18.3 Å². The average Bonchev–Trinajstić information content (AvgIpc) is 3.00. The van der Waals surface area contributed by atoms with Crippen LogP contribution in [-0.4, -0.2) is 27.9 Å². The molecule has 2 aromatic rings. The van der Waals surface area contributed by atoms with Gasteiger partial charge in [0.2, 0.25) is 5.91 Å². The van der Waals surface area contributed by atoms with Crippen LogP contribution >= 0.6 is 15.9 Å². The maximum Gasteiger partial charge on any atom is 0.264 e. The normalized spacial score (nSPS) is 13.7. The standard InChI is InChI=1S/C18H19BrN2O3S/c1-12-10-15(5-7-17(12)19)20(3)25(23,24)16-6-4-14-8-9-21(13(2)22)18(14)11-16/h4-7,10-11H,8-9H2,1-3H3. The van der Waals surface area contributed by atoms with Gasteiger partial charge in [0.25, 0.3) is 10.0 Å². The molecule has 0 fully saturated rings. The van der Waals surface area contributed by atoms with Gasteiger partial charge < -0.3 is 4.90 Å². The molecule has 0 N–H and O–H groups in total. The number of anilines is 2. The van der Waals surface area contributed by atoms with Crippen molar-refractivity contribution in [3.8, 4) is 0 Å². The molecular weight excluding hydrogens is 404 g/mol. The molecule has 3 rings (SSSR count). The second-order valence-electron chi connectivity index (χ2n) is 6.12. The third-order valence-corrected chi connectivity index (χ3v) is 7.17. The minimum Gasteiger partial charge on any atom is -0.312 e. The number of benzene rings is 2. The number of aryl methyl sites for hydroxylation is 1. The smallest absolute Gasteiger partial charge is 0.264 e. The molecule has 1 amide bonds. The van der Waals surface area contributed by atoms with Crippen LogP contribution in [0, 0.1) is 6.92 Å². The zero-order chi connectivity index (χ0) is 18.4. The van der Waals surface area contributed by atoms with Gasteiger partial charge in [-0.15, -0.1) is 0 Å². The quantitative estimate of drug-likeness (QED) is 0.760. The van der Waals surface area contributed by atoms with E-state index in [1.54, 1.807) is 29.2 Å². The Morgan fingerprint density at radius 2 is 1.92 bits per heavy atom. The van der Waals surface area contributed by atoms with Gasteiger partial charge in [-0.05, 0) is 54.8 Å². The lowest BCUT2D eigenvalue weighted by Crippen LogP contribution is -2.28. The van der Waals surface area contributed by atoms with Crippen LogP contribution in [0.15, 0.2) is 45.8 Å². The summed E-state index contributed by atoms with van der Waals surface area (Å²) in [5.74, 6) is -0.0785. The van der Waals surface area contributed by atoms with Gasteiger partial charge in [-0.1, -0.05) is 22.0 Å². The number of carbonyl (C=O) groups excluding carboxylic acids is 1. The van der Waals surface area contributed by atoms with Crippen LogP contribution in [0.3, 0.4) is 0 Å². The Bertz CT molecular complexity index is 957. The second kappa shape index (κ2) is 6.46. The zero-order valence-electron chi connectivity index (χ0n) is 14.3. The van der Waals surface area contributed by atoms with Crippen molar-refractivity contribution in [2.75, 3.05) is 22.8 Å². The highest BCUT2D eigenvalue weighted by Gasteiger charge is 2.27. The van der Waals surface area contributed by atoms with Crippen molar-refractivity contribution in [2.45, 2.75) is 25.2 Å². The average molecular weight is 423 g/mol. The van der Waals surface area contributed by atoms with Gasteiger partial charge in [-0.3, -0.25) is 9.10 Å². The maximum atomic E-state index is 13.0. The van der Waals surface area contributed by atoms with Crippen molar-refractivity contribution in [2.24, 2.45) is 0 Å². The summed E-state index contributed by atoms with van der Waals surface area (Å²) in [7, 11) is -2.18. The van der Waals surface area contributed by atoms with Gasteiger partial charge in [0.15, 0.2) is 0 Å². The van der Waals surface area contributed by atoms with Crippen LogP contribution in [0.2, 0.25) is 0 Å². The summed E-state index contributed by atoms with van der Waals surface area (Å²) < 4.78 is 28.2. The van der Waals surface area contributed by atoms with Crippen molar-refractivity contribution in [3.05, 3.63) is 52.0 Å². The minimum absolute atomic E-state index is 0.0785. The van der Waals surface area contributed by atoms with Crippen LogP contribution in [0.5, 0.6) is 0 Å². The summed E-state index contributed by atoms with van der Waals surface area (Å²) in [5.41, 5.74) is 3.23. The van der Waals surface area contributed by atoms with Gasteiger partial charge in [0, 0.05) is 30.7 Å². The largest absolute Gasteiger partial charge is 0.312 e. The molecule has 0 radical (unpaired) electrons. The molecule has 0 aliphatic carbocycles. The van der Waals surface area contributed by atoms with E-state index in [0.29, 0.717) is 17.9 Å². The second-order valence-corrected chi connectivity index (χ2v) is 8.94.